The first-order valence-corrected chi connectivity index (χ1v) is 8.67. The number of hydrogen-bond acceptors (Lipinski definition) is 4. The summed E-state index contributed by atoms with van der Waals surface area (Å²) in [4.78, 5) is 10.9. The number of piperidine rings is 1. The second kappa shape index (κ2) is 6.45. The third-order valence-corrected chi connectivity index (χ3v) is 5.68. The molecule has 0 spiro atoms. The van der Waals surface area contributed by atoms with Crippen molar-refractivity contribution in [1.82, 2.24) is 4.31 Å². The zero-order chi connectivity index (χ0) is 17.3. The Kier molecular flexibility index (Phi) is 4.95. The van der Waals surface area contributed by atoms with Crippen molar-refractivity contribution in [2.45, 2.75) is 36.8 Å². The van der Waals surface area contributed by atoms with Crippen LogP contribution < -0.4 is 4.74 Å². The molecule has 23 heavy (non-hydrogen) atoms. The number of sulfonamides is 1. The van der Waals surface area contributed by atoms with Gasteiger partial charge in [0.25, 0.3) is 0 Å². The molecular formula is C15H20FNO5S. The van der Waals surface area contributed by atoms with Crippen LogP contribution in [0.15, 0.2) is 23.1 Å². The highest BCUT2D eigenvalue weighted by Crippen LogP contribution is 2.30. The van der Waals surface area contributed by atoms with Crippen molar-refractivity contribution in [3.8, 4) is 5.75 Å². The Morgan fingerprint density at radius 1 is 1.48 bits per heavy atom. The zero-order valence-electron chi connectivity index (χ0n) is 13.1. The Bertz CT molecular complexity index is 702. The van der Waals surface area contributed by atoms with E-state index in [1.54, 1.807) is 0 Å². The lowest BCUT2D eigenvalue weighted by Crippen LogP contribution is -2.46. The standard InChI is InChI=1S/C15H20FNO5S/c1-15(16)6-3-7-17(10-15)23(20,21)12-4-5-13(22-2)11(8-12)9-14(18)19/h4-5,8H,3,6-7,9-10H2,1-2H3,(H,18,19). The van der Waals surface area contributed by atoms with Gasteiger partial charge in [0, 0.05) is 18.7 Å². The lowest BCUT2D eigenvalue weighted by atomic mass is 9.99. The molecule has 0 radical (unpaired) electrons. The van der Waals surface area contributed by atoms with Crippen LogP contribution in [0.5, 0.6) is 5.75 Å². The van der Waals surface area contributed by atoms with E-state index in [0.29, 0.717) is 18.6 Å². The third kappa shape index (κ3) is 4.00. The summed E-state index contributed by atoms with van der Waals surface area (Å²) in [5.41, 5.74) is -1.29. The van der Waals surface area contributed by atoms with Crippen molar-refractivity contribution >= 4 is 16.0 Å². The molecule has 1 atom stereocenters. The molecule has 1 fully saturated rings. The number of carboxylic acids is 1. The van der Waals surface area contributed by atoms with E-state index in [0.717, 1.165) is 4.31 Å². The summed E-state index contributed by atoms with van der Waals surface area (Å²) in [6.45, 7) is 1.44. The Hall–Kier alpha value is -1.67. The van der Waals surface area contributed by atoms with Crippen molar-refractivity contribution < 1.29 is 27.4 Å². The average Bonchev–Trinajstić information content (AvgIpc) is 2.45. The second-order valence-electron chi connectivity index (χ2n) is 5.90. The summed E-state index contributed by atoms with van der Waals surface area (Å²) in [7, 11) is -2.49. The number of halogens is 1. The molecule has 0 saturated carbocycles. The van der Waals surface area contributed by atoms with E-state index in [9.17, 15) is 17.6 Å². The van der Waals surface area contributed by atoms with Crippen LogP contribution in [0.2, 0.25) is 0 Å². The van der Waals surface area contributed by atoms with Gasteiger partial charge in [-0.2, -0.15) is 4.31 Å². The van der Waals surface area contributed by atoms with Gasteiger partial charge in [0.1, 0.15) is 11.4 Å². The van der Waals surface area contributed by atoms with Crippen molar-refractivity contribution in [1.29, 1.82) is 0 Å². The molecule has 1 saturated heterocycles. The molecule has 1 heterocycles. The predicted molar refractivity (Wildman–Crippen MR) is 81.8 cm³/mol. The first-order chi connectivity index (χ1) is 10.7. The Morgan fingerprint density at radius 2 is 2.17 bits per heavy atom. The van der Waals surface area contributed by atoms with Gasteiger partial charge < -0.3 is 9.84 Å². The van der Waals surface area contributed by atoms with Gasteiger partial charge >= 0.3 is 5.97 Å². The molecule has 128 valence electrons. The highest BCUT2D eigenvalue weighted by atomic mass is 32.2. The molecule has 0 aliphatic carbocycles. The number of aliphatic carboxylic acids is 1. The second-order valence-corrected chi connectivity index (χ2v) is 7.84. The van der Waals surface area contributed by atoms with E-state index >= 15 is 0 Å². The van der Waals surface area contributed by atoms with Crippen LogP contribution in [0.3, 0.4) is 0 Å². The lowest BCUT2D eigenvalue weighted by Gasteiger charge is -2.34. The normalized spacial score (nSPS) is 22.7. The number of nitrogens with zero attached hydrogens (tertiary/aromatic N) is 1. The molecule has 1 aliphatic heterocycles. The number of benzene rings is 1. The minimum Gasteiger partial charge on any atom is -0.496 e. The first kappa shape index (κ1) is 17.7. The van der Waals surface area contributed by atoms with Crippen molar-refractivity contribution in [3.05, 3.63) is 23.8 Å². The summed E-state index contributed by atoms with van der Waals surface area (Å²) in [5.74, 6) is -0.785. The number of carbonyl (C=O) groups is 1. The Balaban J connectivity index is 2.38. The van der Waals surface area contributed by atoms with Gasteiger partial charge in [-0.25, -0.2) is 12.8 Å². The third-order valence-electron chi connectivity index (χ3n) is 3.84. The summed E-state index contributed by atoms with van der Waals surface area (Å²) in [5, 5.41) is 8.93. The topological polar surface area (TPSA) is 83.9 Å². The molecule has 1 aromatic rings. The predicted octanol–water partition coefficient (Wildman–Crippen LogP) is 1.83. The molecule has 0 aromatic heterocycles. The number of rotatable bonds is 5. The highest BCUT2D eigenvalue weighted by Gasteiger charge is 2.37. The molecule has 2 rings (SSSR count). The molecular weight excluding hydrogens is 325 g/mol. The van der Waals surface area contributed by atoms with Gasteiger partial charge in [0.2, 0.25) is 10.0 Å². The van der Waals surface area contributed by atoms with E-state index in [2.05, 4.69) is 0 Å². The summed E-state index contributed by atoms with van der Waals surface area (Å²) >= 11 is 0. The van der Waals surface area contributed by atoms with Crippen LogP contribution in [0.25, 0.3) is 0 Å². The van der Waals surface area contributed by atoms with E-state index in [1.165, 1.54) is 32.2 Å². The summed E-state index contributed by atoms with van der Waals surface area (Å²) in [6, 6.07) is 4.06. The van der Waals surface area contributed by atoms with Gasteiger partial charge in [-0.05, 0) is 38.0 Å². The van der Waals surface area contributed by atoms with E-state index in [1.807, 2.05) is 0 Å². The van der Waals surface area contributed by atoms with Crippen LogP contribution in [0.4, 0.5) is 4.39 Å². The minimum atomic E-state index is -3.87. The molecule has 6 nitrogen and oxygen atoms in total. The fraction of sp³-hybridized carbons (Fsp3) is 0.533. The zero-order valence-corrected chi connectivity index (χ0v) is 13.9. The van der Waals surface area contributed by atoms with Crippen molar-refractivity contribution in [3.63, 3.8) is 0 Å². The molecule has 8 heteroatoms. The number of ether oxygens (including phenoxy) is 1. The van der Waals surface area contributed by atoms with Crippen LogP contribution in [-0.2, 0) is 21.2 Å². The molecule has 0 amide bonds. The summed E-state index contributed by atoms with van der Waals surface area (Å²) < 4.78 is 45.7. The van der Waals surface area contributed by atoms with E-state index in [-0.39, 0.29) is 30.0 Å². The maximum Gasteiger partial charge on any atom is 0.307 e. The number of carboxylic acid groups (broad SMARTS) is 1. The molecule has 1 aliphatic rings. The molecule has 1 aromatic carbocycles. The quantitative estimate of drug-likeness (QED) is 0.880. The van der Waals surface area contributed by atoms with Crippen molar-refractivity contribution in [2.75, 3.05) is 20.2 Å². The van der Waals surface area contributed by atoms with Crippen molar-refractivity contribution in [2.24, 2.45) is 0 Å². The maximum absolute atomic E-state index is 14.1. The molecule has 1 N–H and O–H groups in total. The minimum absolute atomic E-state index is 0.0488. The fourth-order valence-corrected chi connectivity index (χ4v) is 4.36. The van der Waals surface area contributed by atoms with Crippen LogP contribution in [0, 0.1) is 0 Å². The summed E-state index contributed by atoms with van der Waals surface area (Å²) in [6.07, 6.45) is 0.420. The molecule has 1 unspecified atom stereocenters. The van der Waals surface area contributed by atoms with Crippen LogP contribution in [-0.4, -0.2) is 49.7 Å². The maximum atomic E-state index is 14.1. The largest absolute Gasteiger partial charge is 0.496 e. The van der Waals surface area contributed by atoms with Gasteiger partial charge in [0.15, 0.2) is 0 Å². The van der Waals surface area contributed by atoms with E-state index < -0.39 is 21.7 Å². The van der Waals surface area contributed by atoms with E-state index in [4.69, 9.17) is 9.84 Å². The monoisotopic (exact) mass is 345 g/mol. The van der Waals surface area contributed by atoms with Gasteiger partial charge in [0.05, 0.1) is 18.4 Å². The van der Waals surface area contributed by atoms with Gasteiger partial charge in [-0.3, -0.25) is 4.79 Å². The lowest BCUT2D eigenvalue weighted by molar-refractivity contribution is -0.136. The average molecular weight is 345 g/mol. The Labute approximate surface area is 134 Å². The number of hydrogen-bond donors (Lipinski definition) is 1. The first-order valence-electron chi connectivity index (χ1n) is 7.23. The number of alkyl halides is 1. The van der Waals surface area contributed by atoms with Crippen LogP contribution >= 0.6 is 0 Å². The smallest absolute Gasteiger partial charge is 0.307 e. The highest BCUT2D eigenvalue weighted by molar-refractivity contribution is 7.89. The molecule has 0 bridgehead atoms. The Morgan fingerprint density at radius 3 is 2.74 bits per heavy atom. The van der Waals surface area contributed by atoms with Gasteiger partial charge in [-0.15, -0.1) is 0 Å². The fourth-order valence-electron chi connectivity index (χ4n) is 2.72. The van der Waals surface area contributed by atoms with Gasteiger partial charge in [-0.1, -0.05) is 0 Å². The SMILES string of the molecule is COc1ccc(S(=O)(=O)N2CCCC(C)(F)C2)cc1CC(=O)O. The number of methoxy groups -OCH3 is 1. The van der Waals surface area contributed by atoms with Crippen LogP contribution in [0.1, 0.15) is 25.3 Å².